The van der Waals surface area contributed by atoms with Crippen LogP contribution in [0, 0.1) is 0 Å². The largest absolute Gasteiger partial charge is 0.331 e. The summed E-state index contributed by atoms with van der Waals surface area (Å²) in [4.78, 5) is 11.8. The van der Waals surface area contributed by atoms with E-state index in [-0.39, 0.29) is 12.1 Å². The van der Waals surface area contributed by atoms with Gasteiger partial charge < -0.3 is 5.32 Å². The van der Waals surface area contributed by atoms with Crippen molar-refractivity contribution in [2.24, 2.45) is 0 Å². The van der Waals surface area contributed by atoms with Crippen LogP contribution in [0.5, 0.6) is 0 Å². The number of nitrogens with one attached hydrogen (secondary N) is 2. The summed E-state index contributed by atoms with van der Waals surface area (Å²) in [6, 6.07) is 8.07. The number of fused-ring (bicyclic) bond motifs is 1. The Labute approximate surface area is 108 Å². The summed E-state index contributed by atoms with van der Waals surface area (Å²) >= 11 is 1.30. The third-order valence-corrected chi connectivity index (χ3v) is 3.63. The number of anilines is 1. The molecule has 1 aromatic heterocycles. The van der Waals surface area contributed by atoms with E-state index < -0.39 is 0 Å². The van der Waals surface area contributed by atoms with E-state index in [1.165, 1.54) is 22.5 Å². The Balaban J connectivity index is 1.66. The Kier molecular flexibility index (Phi) is 2.93. The number of aromatic nitrogens is 2. The number of nitrogens with zero attached hydrogens (tertiary/aromatic N) is 2. The van der Waals surface area contributed by atoms with E-state index in [0.29, 0.717) is 5.13 Å². The highest BCUT2D eigenvalue weighted by Gasteiger charge is 2.23. The molecule has 92 valence electrons. The molecule has 2 aromatic rings. The lowest BCUT2D eigenvalue weighted by molar-refractivity contribution is 0.248. The van der Waals surface area contributed by atoms with Gasteiger partial charge in [0.2, 0.25) is 5.13 Å². The Bertz CT molecular complexity index is 555. The van der Waals surface area contributed by atoms with Crippen molar-refractivity contribution < 1.29 is 4.79 Å². The maximum Gasteiger partial charge on any atom is 0.321 e. The minimum Gasteiger partial charge on any atom is -0.331 e. The fourth-order valence-corrected chi connectivity index (χ4v) is 2.67. The number of hydrogen-bond donors (Lipinski definition) is 2. The zero-order valence-electron chi connectivity index (χ0n) is 9.59. The van der Waals surface area contributed by atoms with Crippen LogP contribution >= 0.6 is 11.3 Å². The van der Waals surface area contributed by atoms with Gasteiger partial charge in [-0.25, -0.2) is 4.79 Å². The molecule has 1 aliphatic carbocycles. The highest BCUT2D eigenvalue weighted by atomic mass is 32.1. The van der Waals surface area contributed by atoms with Crippen molar-refractivity contribution in [2.45, 2.75) is 18.9 Å². The van der Waals surface area contributed by atoms with Crippen LogP contribution in [-0.4, -0.2) is 16.2 Å². The minimum atomic E-state index is -0.228. The lowest BCUT2D eigenvalue weighted by atomic mass is 10.1. The molecule has 1 aliphatic rings. The number of rotatable bonds is 2. The first-order chi connectivity index (χ1) is 8.83. The second-order valence-electron chi connectivity index (χ2n) is 4.13. The van der Waals surface area contributed by atoms with Crippen LogP contribution in [0.25, 0.3) is 0 Å². The third kappa shape index (κ3) is 2.19. The summed E-state index contributed by atoms with van der Waals surface area (Å²) < 4.78 is 0. The van der Waals surface area contributed by atoms with Crippen LogP contribution in [0.3, 0.4) is 0 Å². The quantitative estimate of drug-likeness (QED) is 0.871. The van der Waals surface area contributed by atoms with Crippen LogP contribution in [0.15, 0.2) is 29.8 Å². The SMILES string of the molecule is O=C(Nc1nncs1)N[C@@H]1CCc2ccccc21. The summed E-state index contributed by atoms with van der Waals surface area (Å²) in [6.07, 6.45) is 1.96. The average molecular weight is 260 g/mol. The van der Waals surface area contributed by atoms with E-state index in [1.807, 2.05) is 12.1 Å². The first-order valence-corrected chi connectivity index (χ1v) is 6.62. The van der Waals surface area contributed by atoms with Gasteiger partial charge in [0.15, 0.2) is 0 Å². The number of benzene rings is 1. The third-order valence-electron chi connectivity index (χ3n) is 3.02. The van der Waals surface area contributed by atoms with E-state index in [1.54, 1.807) is 5.51 Å². The van der Waals surface area contributed by atoms with E-state index in [9.17, 15) is 4.79 Å². The molecular weight excluding hydrogens is 248 g/mol. The maximum atomic E-state index is 11.8. The molecule has 0 aliphatic heterocycles. The van der Waals surface area contributed by atoms with Gasteiger partial charge in [0.1, 0.15) is 5.51 Å². The predicted molar refractivity (Wildman–Crippen MR) is 69.6 cm³/mol. The molecular formula is C12H12N4OS. The van der Waals surface area contributed by atoms with Gasteiger partial charge in [-0.15, -0.1) is 10.2 Å². The summed E-state index contributed by atoms with van der Waals surface area (Å²) in [7, 11) is 0. The molecule has 0 saturated heterocycles. The number of urea groups is 1. The summed E-state index contributed by atoms with van der Waals surface area (Å²) in [5.41, 5.74) is 4.11. The van der Waals surface area contributed by atoms with E-state index >= 15 is 0 Å². The standard InChI is InChI=1S/C12H12N4OS/c17-11(15-12-16-13-7-18-12)14-10-6-5-8-3-1-2-4-9(8)10/h1-4,7,10H,5-6H2,(H2,14,15,16,17)/t10-/m1/s1. The van der Waals surface area contributed by atoms with Gasteiger partial charge in [0.05, 0.1) is 6.04 Å². The van der Waals surface area contributed by atoms with Gasteiger partial charge in [0, 0.05) is 0 Å². The van der Waals surface area contributed by atoms with Crippen molar-refractivity contribution in [2.75, 3.05) is 5.32 Å². The summed E-state index contributed by atoms with van der Waals surface area (Å²) in [6.45, 7) is 0. The molecule has 1 atom stereocenters. The fourth-order valence-electron chi connectivity index (χ4n) is 2.23. The van der Waals surface area contributed by atoms with Crippen LogP contribution < -0.4 is 10.6 Å². The van der Waals surface area contributed by atoms with Crippen molar-refractivity contribution >= 4 is 22.5 Å². The van der Waals surface area contributed by atoms with E-state index in [4.69, 9.17) is 0 Å². The number of aryl methyl sites for hydroxylation is 1. The number of amides is 2. The Morgan fingerprint density at radius 3 is 3.11 bits per heavy atom. The van der Waals surface area contributed by atoms with Gasteiger partial charge in [-0.3, -0.25) is 5.32 Å². The monoisotopic (exact) mass is 260 g/mol. The van der Waals surface area contributed by atoms with Crippen LogP contribution in [0.1, 0.15) is 23.6 Å². The molecule has 0 unspecified atom stereocenters. The normalized spacial score (nSPS) is 17.2. The highest BCUT2D eigenvalue weighted by Crippen LogP contribution is 2.30. The van der Waals surface area contributed by atoms with Gasteiger partial charge in [-0.05, 0) is 24.0 Å². The topological polar surface area (TPSA) is 66.9 Å². The molecule has 6 heteroatoms. The summed E-state index contributed by atoms with van der Waals surface area (Å²) in [5, 5.41) is 13.6. The van der Waals surface area contributed by atoms with Crippen molar-refractivity contribution in [1.29, 1.82) is 0 Å². The Hall–Kier alpha value is -1.95. The van der Waals surface area contributed by atoms with Crippen molar-refractivity contribution in [3.8, 4) is 0 Å². The van der Waals surface area contributed by atoms with Gasteiger partial charge in [-0.1, -0.05) is 35.6 Å². The Morgan fingerprint density at radius 2 is 2.28 bits per heavy atom. The molecule has 0 spiro atoms. The number of carbonyl (C=O) groups is 1. The average Bonchev–Trinajstić information content (AvgIpc) is 3.00. The predicted octanol–water partition coefficient (Wildman–Crippen LogP) is 2.35. The van der Waals surface area contributed by atoms with Crippen molar-refractivity contribution in [3.05, 3.63) is 40.9 Å². The molecule has 18 heavy (non-hydrogen) atoms. The maximum absolute atomic E-state index is 11.8. The number of hydrogen-bond acceptors (Lipinski definition) is 4. The molecule has 2 N–H and O–H groups in total. The second-order valence-corrected chi connectivity index (χ2v) is 4.97. The molecule has 0 radical (unpaired) electrons. The van der Waals surface area contributed by atoms with Gasteiger partial charge >= 0.3 is 6.03 Å². The van der Waals surface area contributed by atoms with Crippen LogP contribution in [0.4, 0.5) is 9.93 Å². The van der Waals surface area contributed by atoms with Gasteiger partial charge in [0.25, 0.3) is 0 Å². The zero-order valence-corrected chi connectivity index (χ0v) is 10.4. The fraction of sp³-hybridized carbons (Fsp3) is 0.250. The lowest BCUT2D eigenvalue weighted by Gasteiger charge is -2.13. The molecule has 0 bridgehead atoms. The van der Waals surface area contributed by atoms with E-state index in [2.05, 4.69) is 33.0 Å². The second kappa shape index (κ2) is 4.73. The first kappa shape index (κ1) is 11.2. The summed E-state index contributed by atoms with van der Waals surface area (Å²) in [5.74, 6) is 0. The molecule has 1 heterocycles. The van der Waals surface area contributed by atoms with Crippen LogP contribution in [0.2, 0.25) is 0 Å². The Morgan fingerprint density at radius 1 is 1.39 bits per heavy atom. The smallest absolute Gasteiger partial charge is 0.321 e. The molecule has 1 aromatic carbocycles. The lowest BCUT2D eigenvalue weighted by Crippen LogP contribution is -2.31. The molecule has 3 rings (SSSR count). The van der Waals surface area contributed by atoms with Crippen molar-refractivity contribution in [1.82, 2.24) is 15.5 Å². The van der Waals surface area contributed by atoms with Crippen LogP contribution in [-0.2, 0) is 6.42 Å². The molecule has 0 fully saturated rings. The minimum absolute atomic E-state index is 0.0918. The zero-order chi connectivity index (χ0) is 12.4. The van der Waals surface area contributed by atoms with Crippen molar-refractivity contribution in [3.63, 3.8) is 0 Å². The molecule has 2 amide bonds. The van der Waals surface area contributed by atoms with Gasteiger partial charge in [-0.2, -0.15) is 0 Å². The highest BCUT2D eigenvalue weighted by molar-refractivity contribution is 7.13. The number of carbonyl (C=O) groups excluding carboxylic acids is 1. The molecule has 0 saturated carbocycles. The first-order valence-electron chi connectivity index (χ1n) is 5.74. The molecule has 5 nitrogen and oxygen atoms in total. The van der Waals surface area contributed by atoms with E-state index in [0.717, 1.165) is 12.8 Å².